The minimum atomic E-state index is -1.21. The molecule has 1 rings (SSSR count). The van der Waals surface area contributed by atoms with Crippen LogP contribution >= 0.6 is 0 Å². The zero-order chi connectivity index (χ0) is 10.4. The molecule has 0 spiro atoms. The van der Waals surface area contributed by atoms with Gasteiger partial charge in [-0.3, -0.25) is 0 Å². The maximum Gasteiger partial charge on any atom is 1.00 e. The molecule has 0 radical (unpaired) electrons. The van der Waals surface area contributed by atoms with E-state index >= 15 is 0 Å². The van der Waals surface area contributed by atoms with E-state index in [4.69, 9.17) is 5.11 Å². The summed E-state index contributed by atoms with van der Waals surface area (Å²) in [6.45, 7) is -0.390. The average molecular weight is 223 g/mol. The Hall–Kier alpha value is 0.390. The molecule has 0 bridgehead atoms. The third kappa shape index (κ3) is 5.88. The average Bonchev–Trinajstić information content (AvgIpc) is 2.41. The number of nitrogens with one attached hydrogen (secondary N) is 1. The number of hydrogen-bond acceptors (Lipinski definition) is 4. The molecule has 1 saturated carbocycles. The Labute approximate surface area is 113 Å². The summed E-state index contributed by atoms with van der Waals surface area (Å²) >= 11 is 0. The van der Waals surface area contributed by atoms with Crippen molar-refractivity contribution < 1.29 is 44.6 Å². The molecule has 1 atom stereocenters. The topological polar surface area (TPSA) is 72.4 Å². The van der Waals surface area contributed by atoms with Gasteiger partial charge in [-0.1, -0.05) is 25.7 Å². The quantitative estimate of drug-likeness (QED) is 0.382. The zero-order valence-electron chi connectivity index (χ0n) is 9.37. The van der Waals surface area contributed by atoms with Crippen LogP contribution in [0.4, 0.5) is 0 Å². The molecule has 0 heterocycles. The number of hydrogen-bond donors (Lipinski definition) is 2. The van der Waals surface area contributed by atoms with Crippen LogP contribution in [-0.4, -0.2) is 29.8 Å². The fourth-order valence-corrected chi connectivity index (χ4v) is 1.93. The van der Waals surface area contributed by atoms with Gasteiger partial charge in [0.25, 0.3) is 0 Å². The number of aliphatic hydroxyl groups is 1. The van der Waals surface area contributed by atoms with E-state index in [1.165, 1.54) is 12.8 Å². The molecule has 1 unspecified atom stereocenters. The second-order valence-corrected chi connectivity index (χ2v) is 3.91. The van der Waals surface area contributed by atoms with Crippen LogP contribution in [0, 0.1) is 0 Å². The minimum Gasteiger partial charge on any atom is -0.548 e. The van der Waals surface area contributed by atoms with E-state index in [1.807, 2.05) is 0 Å². The summed E-state index contributed by atoms with van der Waals surface area (Å²) in [6, 6.07) is -0.675. The van der Waals surface area contributed by atoms with Gasteiger partial charge in [0, 0.05) is 6.04 Å². The SMILES string of the molecule is O=C([O-])C(CO)NC1CCCCCC1.[Na+]. The van der Waals surface area contributed by atoms with Gasteiger partial charge in [0.05, 0.1) is 18.6 Å². The predicted molar refractivity (Wildman–Crippen MR) is 50.5 cm³/mol. The van der Waals surface area contributed by atoms with Gasteiger partial charge in [-0.05, 0) is 12.8 Å². The van der Waals surface area contributed by atoms with Crippen LogP contribution in [-0.2, 0) is 4.79 Å². The Morgan fingerprint density at radius 3 is 2.27 bits per heavy atom. The molecule has 0 aromatic carbocycles. The van der Waals surface area contributed by atoms with Gasteiger partial charge in [0.1, 0.15) is 0 Å². The summed E-state index contributed by atoms with van der Waals surface area (Å²) in [5.41, 5.74) is 0. The molecule has 15 heavy (non-hydrogen) atoms. The van der Waals surface area contributed by atoms with E-state index in [-0.39, 0.29) is 35.6 Å². The van der Waals surface area contributed by atoms with Gasteiger partial charge in [-0.25, -0.2) is 0 Å². The summed E-state index contributed by atoms with van der Waals surface area (Å²) in [5, 5.41) is 22.3. The van der Waals surface area contributed by atoms with Crippen LogP contribution in [0.5, 0.6) is 0 Å². The Kier molecular flexibility index (Phi) is 8.75. The van der Waals surface area contributed by atoms with Crippen molar-refractivity contribution in [2.75, 3.05) is 6.61 Å². The van der Waals surface area contributed by atoms with Gasteiger partial charge in [0.2, 0.25) is 0 Å². The van der Waals surface area contributed by atoms with E-state index in [9.17, 15) is 9.90 Å². The third-order valence-corrected chi connectivity index (χ3v) is 2.76. The van der Waals surface area contributed by atoms with Crippen molar-refractivity contribution in [3.63, 3.8) is 0 Å². The van der Waals surface area contributed by atoms with Crippen molar-refractivity contribution in [2.24, 2.45) is 0 Å². The smallest absolute Gasteiger partial charge is 0.548 e. The van der Waals surface area contributed by atoms with Crippen molar-refractivity contribution in [3.05, 3.63) is 0 Å². The molecule has 0 aromatic rings. The fourth-order valence-electron chi connectivity index (χ4n) is 1.93. The Bertz CT molecular complexity index is 182. The molecule has 1 aliphatic rings. The molecule has 5 heteroatoms. The van der Waals surface area contributed by atoms with Crippen molar-refractivity contribution in [1.29, 1.82) is 0 Å². The van der Waals surface area contributed by atoms with E-state index < -0.39 is 18.6 Å². The Balaban J connectivity index is 0.00000196. The summed E-state index contributed by atoms with van der Waals surface area (Å²) in [6.07, 6.45) is 6.75. The first-order valence-corrected chi connectivity index (χ1v) is 5.32. The molecule has 4 nitrogen and oxygen atoms in total. The fraction of sp³-hybridized carbons (Fsp3) is 0.900. The van der Waals surface area contributed by atoms with E-state index in [1.54, 1.807) is 0 Å². The van der Waals surface area contributed by atoms with Crippen LogP contribution in [0.2, 0.25) is 0 Å². The van der Waals surface area contributed by atoms with Crippen molar-refractivity contribution in [1.82, 2.24) is 5.32 Å². The molecule has 1 aliphatic carbocycles. The molecule has 0 aliphatic heterocycles. The number of aliphatic carboxylic acids is 1. The largest absolute Gasteiger partial charge is 1.00 e. The molecule has 0 amide bonds. The van der Waals surface area contributed by atoms with Crippen LogP contribution in [0.3, 0.4) is 0 Å². The van der Waals surface area contributed by atoms with Gasteiger partial charge in [-0.2, -0.15) is 0 Å². The standard InChI is InChI=1S/C10H19NO3.Na/c12-7-9(10(13)14)11-8-5-3-1-2-4-6-8;/h8-9,11-12H,1-7H2,(H,13,14);/q;+1/p-1. The van der Waals surface area contributed by atoms with Gasteiger partial charge < -0.3 is 20.3 Å². The molecule has 0 aromatic heterocycles. The minimum absolute atomic E-state index is 0. The van der Waals surface area contributed by atoms with Gasteiger partial charge in [0.15, 0.2) is 0 Å². The normalized spacial score (nSPS) is 20.1. The van der Waals surface area contributed by atoms with Crippen molar-refractivity contribution in [2.45, 2.75) is 50.6 Å². The Morgan fingerprint density at radius 2 is 1.87 bits per heavy atom. The van der Waals surface area contributed by atoms with E-state index in [0.29, 0.717) is 0 Å². The van der Waals surface area contributed by atoms with Gasteiger partial charge in [-0.15, -0.1) is 0 Å². The van der Waals surface area contributed by atoms with E-state index in [0.717, 1.165) is 25.7 Å². The molecule has 1 fully saturated rings. The first-order chi connectivity index (χ1) is 6.74. The number of rotatable bonds is 4. The first kappa shape index (κ1) is 15.4. The van der Waals surface area contributed by atoms with Crippen LogP contribution in [0.15, 0.2) is 0 Å². The second kappa shape index (κ2) is 8.53. The predicted octanol–water partition coefficient (Wildman–Crippen LogP) is -3.59. The summed E-state index contributed by atoms with van der Waals surface area (Å²) < 4.78 is 0. The molecular weight excluding hydrogens is 205 g/mol. The summed E-state index contributed by atoms with van der Waals surface area (Å²) in [4.78, 5) is 10.6. The summed E-state index contributed by atoms with van der Waals surface area (Å²) in [7, 11) is 0. The number of carboxylic acid groups (broad SMARTS) is 1. The molecular formula is C10H18NNaO3. The third-order valence-electron chi connectivity index (χ3n) is 2.76. The van der Waals surface area contributed by atoms with Crippen molar-refractivity contribution >= 4 is 5.97 Å². The van der Waals surface area contributed by atoms with Crippen LogP contribution in [0.1, 0.15) is 38.5 Å². The number of aliphatic hydroxyl groups excluding tert-OH is 1. The molecule has 0 saturated heterocycles. The van der Waals surface area contributed by atoms with E-state index in [2.05, 4.69) is 5.32 Å². The van der Waals surface area contributed by atoms with Gasteiger partial charge >= 0.3 is 29.6 Å². The number of carboxylic acids is 1. The number of carbonyl (C=O) groups excluding carboxylic acids is 1. The first-order valence-electron chi connectivity index (χ1n) is 5.32. The second-order valence-electron chi connectivity index (χ2n) is 3.91. The number of carbonyl (C=O) groups is 1. The van der Waals surface area contributed by atoms with Crippen LogP contribution < -0.4 is 40.0 Å². The molecule has 2 N–H and O–H groups in total. The summed E-state index contributed by atoms with van der Waals surface area (Å²) in [5.74, 6) is -1.21. The zero-order valence-corrected chi connectivity index (χ0v) is 11.4. The van der Waals surface area contributed by atoms with Crippen LogP contribution in [0.25, 0.3) is 0 Å². The maximum atomic E-state index is 10.6. The molecule has 82 valence electrons. The van der Waals surface area contributed by atoms with Crippen molar-refractivity contribution in [3.8, 4) is 0 Å². The maximum absolute atomic E-state index is 10.6. The Morgan fingerprint density at radius 1 is 1.33 bits per heavy atom. The monoisotopic (exact) mass is 223 g/mol.